The average molecular weight is 277 g/mol. The van der Waals surface area contributed by atoms with Gasteiger partial charge in [0.15, 0.2) is 0 Å². The number of hydrogen-bond acceptors (Lipinski definition) is 4. The molecule has 0 amide bonds. The van der Waals surface area contributed by atoms with Gasteiger partial charge in [0.05, 0.1) is 11.6 Å². The van der Waals surface area contributed by atoms with Crippen LogP contribution < -0.4 is 10.4 Å². The molecule has 0 aliphatic heterocycles. The van der Waals surface area contributed by atoms with E-state index in [0.29, 0.717) is 22.6 Å². The van der Waals surface area contributed by atoms with E-state index in [-0.39, 0.29) is 5.63 Å². The van der Waals surface area contributed by atoms with Crippen LogP contribution in [0.3, 0.4) is 0 Å². The number of nitrogens with zero attached hydrogens (tertiary/aromatic N) is 1. The molecule has 0 aliphatic rings. The van der Waals surface area contributed by atoms with Gasteiger partial charge in [-0.15, -0.1) is 0 Å². The second-order valence-corrected chi connectivity index (χ2v) is 4.65. The summed E-state index contributed by atoms with van der Waals surface area (Å²) in [5.74, 6) is 1.11. The summed E-state index contributed by atoms with van der Waals surface area (Å²) in [5, 5.41) is 9.74. The smallest absolute Gasteiger partial charge is 0.336 e. The summed E-state index contributed by atoms with van der Waals surface area (Å²) in [6.45, 7) is 1.86. The summed E-state index contributed by atoms with van der Waals surface area (Å²) in [6, 6.07) is 15.7. The molecule has 0 saturated heterocycles. The number of aryl methyl sites for hydroxylation is 1. The van der Waals surface area contributed by atoms with Gasteiger partial charge in [-0.05, 0) is 42.8 Å². The predicted molar refractivity (Wildman–Crippen MR) is 78.5 cm³/mol. The minimum atomic E-state index is -0.386. The zero-order chi connectivity index (χ0) is 14.8. The zero-order valence-corrected chi connectivity index (χ0v) is 11.3. The van der Waals surface area contributed by atoms with E-state index in [0.717, 1.165) is 10.9 Å². The Morgan fingerprint density at radius 3 is 2.71 bits per heavy atom. The predicted octanol–water partition coefficient (Wildman–Crippen LogP) is 3.77. The molecule has 0 saturated carbocycles. The Bertz CT molecular complexity index is 919. The highest BCUT2D eigenvalue weighted by Crippen LogP contribution is 2.26. The number of benzene rings is 2. The van der Waals surface area contributed by atoms with Crippen LogP contribution in [0, 0.1) is 18.3 Å². The summed E-state index contributed by atoms with van der Waals surface area (Å²) < 4.78 is 10.9. The van der Waals surface area contributed by atoms with Crippen LogP contribution in [0.4, 0.5) is 0 Å². The van der Waals surface area contributed by atoms with E-state index < -0.39 is 0 Å². The van der Waals surface area contributed by atoms with Crippen molar-refractivity contribution >= 4 is 11.0 Å². The van der Waals surface area contributed by atoms with Gasteiger partial charge in [-0.3, -0.25) is 0 Å². The first kappa shape index (κ1) is 12.9. The van der Waals surface area contributed by atoms with Gasteiger partial charge >= 0.3 is 5.63 Å². The highest BCUT2D eigenvalue weighted by molar-refractivity contribution is 5.81. The largest absolute Gasteiger partial charge is 0.457 e. The molecule has 0 aliphatic carbocycles. The Balaban J connectivity index is 2.01. The Kier molecular flexibility index (Phi) is 3.17. The molecule has 3 rings (SSSR count). The summed E-state index contributed by atoms with van der Waals surface area (Å²) in [6.07, 6.45) is 0. The number of hydrogen-bond donors (Lipinski definition) is 0. The third-order valence-corrected chi connectivity index (χ3v) is 3.12. The normalized spacial score (nSPS) is 10.3. The van der Waals surface area contributed by atoms with Gasteiger partial charge in [-0.1, -0.05) is 6.07 Å². The molecule has 0 radical (unpaired) electrons. The molecule has 21 heavy (non-hydrogen) atoms. The SMILES string of the molecule is Cc1cc(=O)oc2cc(Oc3cccc(C#N)c3)ccc12. The molecule has 2 aromatic carbocycles. The fourth-order valence-electron chi connectivity index (χ4n) is 2.13. The molecule has 0 atom stereocenters. The summed E-state index contributed by atoms with van der Waals surface area (Å²) >= 11 is 0. The van der Waals surface area contributed by atoms with Crippen molar-refractivity contribution in [2.75, 3.05) is 0 Å². The first-order valence-corrected chi connectivity index (χ1v) is 6.38. The molecule has 1 heterocycles. The van der Waals surface area contributed by atoms with E-state index in [1.165, 1.54) is 6.07 Å². The minimum Gasteiger partial charge on any atom is -0.457 e. The lowest BCUT2D eigenvalue weighted by atomic mass is 10.1. The maximum atomic E-state index is 11.4. The van der Waals surface area contributed by atoms with Gasteiger partial charge in [0.25, 0.3) is 0 Å². The van der Waals surface area contributed by atoms with Gasteiger partial charge in [-0.2, -0.15) is 5.26 Å². The fourth-order valence-corrected chi connectivity index (χ4v) is 2.13. The highest BCUT2D eigenvalue weighted by Gasteiger charge is 2.05. The Hall–Kier alpha value is -3.06. The van der Waals surface area contributed by atoms with Gasteiger partial charge in [0.1, 0.15) is 17.1 Å². The summed E-state index contributed by atoms with van der Waals surface area (Å²) in [7, 11) is 0. The van der Waals surface area contributed by atoms with E-state index in [2.05, 4.69) is 6.07 Å². The molecule has 3 aromatic rings. The second-order valence-electron chi connectivity index (χ2n) is 4.65. The van der Waals surface area contributed by atoms with Crippen molar-refractivity contribution in [2.45, 2.75) is 6.92 Å². The summed E-state index contributed by atoms with van der Waals surface area (Å²) in [5.41, 5.74) is 1.48. The van der Waals surface area contributed by atoms with E-state index in [9.17, 15) is 4.79 Å². The fraction of sp³-hybridized carbons (Fsp3) is 0.0588. The molecule has 4 heteroatoms. The van der Waals surface area contributed by atoms with Gasteiger partial charge in [0, 0.05) is 17.5 Å². The third kappa shape index (κ3) is 2.63. The quantitative estimate of drug-likeness (QED) is 0.669. The lowest BCUT2D eigenvalue weighted by molar-refractivity contribution is 0.480. The second kappa shape index (κ2) is 5.14. The molecule has 0 N–H and O–H groups in total. The lowest BCUT2D eigenvalue weighted by Crippen LogP contribution is -1.97. The van der Waals surface area contributed by atoms with Crippen LogP contribution in [-0.2, 0) is 0 Å². The Labute approximate surface area is 120 Å². The van der Waals surface area contributed by atoms with Crippen molar-refractivity contribution in [3.63, 3.8) is 0 Å². The van der Waals surface area contributed by atoms with Crippen molar-refractivity contribution < 1.29 is 9.15 Å². The Morgan fingerprint density at radius 1 is 1.10 bits per heavy atom. The molecule has 0 unspecified atom stereocenters. The van der Waals surface area contributed by atoms with Crippen molar-refractivity contribution in [1.29, 1.82) is 5.26 Å². The minimum absolute atomic E-state index is 0.386. The third-order valence-electron chi connectivity index (χ3n) is 3.12. The zero-order valence-electron chi connectivity index (χ0n) is 11.3. The molecule has 0 fully saturated rings. The number of fused-ring (bicyclic) bond motifs is 1. The number of ether oxygens (including phenoxy) is 1. The highest BCUT2D eigenvalue weighted by atomic mass is 16.5. The lowest BCUT2D eigenvalue weighted by Gasteiger charge is -2.07. The van der Waals surface area contributed by atoms with Crippen LogP contribution in [0.1, 0.15) is 11.1 Å². The van der Waals surface area contributed by atoms with E-state index in [1.54, 1.807) is 36.4 Å². The summed E-state index contributed by atoms with van der Waals surface area (Å²) in [4.78, 5) is 11.4. The molecule has 0 spiro atoms. The van der Waals surface area contributed by atoms with Crippen molar-refractivity contribution in [2.24, 2.45) is 0 Å². The van der Waals surface area contributed by atoms with E-state index in [4.69, 9.17) is 14.4 Å². The topological polar surface area (TPSA) is 63.2 Å². The first-order valence-electron chi connectivity index (χ1n) is 6.38. The van der Waals surface area contributed by atoms with Crippen molar-refractivity contribution in [3.8, 4) is 17.6 Å². The van der Waals surface area contributed by atoms with Crippen LogP contribution in [-0.4, -0.2) is 0 Å². The molecular formula is C17H11NO3. The maximum absolute atomic E-state index is 11.4. The van der Waals surface area contributed by atoms with Gasteiger partial charge in [-0.25, -0.2) is 4.79 Å². The van der Waals surface area contributed by atoms with Crippen molar-refractivity contribution in [3.05, 3.63) is 70.1 Å². The van der Waals surface area contributed by atoms with Crippen LogP contribution in [0.5, 0.6) is 11.5 Å². The molecule has 0 bridgehead atoms. The van der Waals surface area contributed by atoms with E-state index in [1.807, 2.05) is 13.0 Å². The molecule has 102 valence electrons. The standard InChI is InChI=1S/C17H11NO3/c1-11-7-17(19)21-16-9-14(5-6-15(11)16)20-13-4-2-3-12(8-13)10-18/h2-9H,1H3. The molecule has 4 nitrogen and oxygen atoms in total. The van der Waals surface area contributed by atoms with Crippen LogP contribution in [0.25, 0.3) is 11.0 Å². The van der Waals surface area contributed by atoms with Crippen molar-refractivity contribution in [1.82, 2.24) is 0 Å². The molecular weight excluding hydrogens is 266 g/mol. The Morgan fingerprint density at radius 2 is 1.90 bits per heavy atom. The monoisotopic (exact) mass is 277 g/mol. The van der Waals surface area contributed by atoms with Crippen LogP contribution in [0.2, 0.25) is 0 Å². The van der Waals surface area contributed by atoms with Gasteiger partial charge < -0.3 is 9.15 Å². The van der Waals surface area contributed by atoms with Crippen LogP contribution in [0.15, 0.2) is 57.7 Å². The van der Waals surface area contributed by atoms with Gasteiger partial charge in [0.2, 0.25) is 0 Å². The molecule has 1 aromatic heterocycles. The first-order chi connectivity index (χ1) is 10.2. The maximum Gasteiger partial charge on any atom is 0.336 e. The number of rotatable bonds is 2. The number of nitriles is 1. The van der Waals surface area contributed by atoms with Crippen LogP contribution >= 0.6 is 0 Å². The van der Waals surface area contributed by atoms with E-state index >= 15 is 0 Å². The average Bonchev–Trinajstić information content (AvgIpc) is 2.47.